The summed E-state index contributed by atoms with van der Waals surface area (Å²) in [6.07, 6.45) is 0.692. The van der Waals surface area contributed by atoms with Gasteiger partial charge < -0.3 is 25.6 Å². The molecule has 0 aliphatic heterocycles. The van der Waals surface area contributed by atoms with Crippen LogP contribution in [0.3, 0.4) is 0 Å². The van der Waals surface area contributed by atoms with Crippen LogP contribution >= 0.6 is 0 Å². The minimum absolute atomic E-state index is 0.00911. The molecular weight excluding hydrogens is 424 g/mol. The molecule has 0 fully saturated rings. The highest BCUT2D eigenvalue weighted by molar-refractivity contribution is 5.80. The Morgan fingerprint density at radius 1 is 1.06 bits per heavy atom. The van der Waals surface area contributed by atoms with Crippen molar-refractivity contribution >= 4 is 18.0 Å². The number of hydrogen-bond acceptors (Lipinski definition) is 5. The van der Waals surface area contributed by atoms with Gasteiger partial charge >= 0.3 is 12.1 Å². The van der Waals surface area contributed by atoms with Gasteiger partial charge in [0.2, 0.25) is 5.91 Å². The van der Waals surface area contributed by atoms with Crippen LogP contribution in [0.1, 0.15) is 50.2 Å². The van der Waals surface area contributed by atoms with Gasteiger partial charge in [-0.25, -0.2) is 9.59 Å². The molecule has 3 rings (SSSR count). The number of benzene rings is 2. The van der Waals surface area contributed by atoms with Crippen LogP contribution in [0.25, 0.3) is 11.1 Å². The van der Waals surface area contributed by atoms with E-state index in [-0.39, 0.29) is 37.4 Å². The molecule has 33 heavy (non-hydrogen) atoms. The topological polar surface area (TPSA) is 125 Å². The number of nitrogens with one attached hydrogen (secondary N) is 2. The first-order chi connectivity index (χ1) is 15.7. The molecule has 0 radical (unpaired) electrons. The molecular formula is C25H30N2O6. The number of carboxylic acid groups (broad SMARTS) is 1. The Kier molecular flexibility index (Phi) is 7.71. The van der Waals surface area contributed by atoms with Crippen LogP contribution in [-0.2, 0) is 14.3 Å². The molecule has 2 aromatic carbocycles. The Balaban J connectivity index is 1.41. The molecule has 0 bridgehead atoms. The van der Waals surface area contributed by atoms with Crippen molar-refractivity contribution in [3.05, 3.63) is 59.7 Å². The first-order valence-corrected chi connectivity index (χ1v) is 11.0. The highest BCUT2D eigenvalue weighted by Gasteiger charge is 2.30. The number of ether oxygens (including phenoxy) is 1. The van der Waals surface area contributed by atoms with Gasteiger partial charge in [-0.1, -0.05) is 48.5 Å². The number of amides is 2. The first-order valence-electron chi connectivity index (χ1n) is 11.0. The molecule has 1 aliphatic carbocycles. The van der Waals surface area contributed by atoms with Crippen LogP contribution in [-0.4, -0.2) is 53.0 Å². The lowest BCUT2D eigenvalue weighted by Gasteiger charge is -2.19. The predicted molar refractivity (Wildman–Crippen MR) is 123 cm³/mol. The standard InChI is InChI=1S/C25H30N2O6/c1-16(8-7-13-22(28)26-15-25(2,32)23(29)30)27-24(31)33-14-21-19-11-5-3-9-17(19)18-10-4-6-12-20(18)21/h3-6,9-12,16,21,32H,7-8,13-15H2,1-2H3,(H,26,28)(H,27,31)(H,29,30). The van der Waals surface area contributed by atoms with Gasteiger partial charge in [-0.3, -0.25) is 4.79 Å². The highest BCUT2D eigenvalue weighted by atomic mass is 16.5. The summed E-state index contributed by atoms with van der Waals surface area (Å²) < 4.78 is 5.52. The van der Waals surface area contributed by atoms with E-state index in [0.29, 0.717) is 12.8 Å². The number of rotatable bonds is 10. The number of carbonyl (C=O) groups is 3. The zero-order valence-corrected chi connectivity index (χ0v) is 18.8. The summed E-state index contributed by atoms with van der Waals surface area (Å²) in [6, 6.07) is 16.1. The SMILES string of the molecule is CC(CCCC(=O)NCC(C)(O)C(=O)O)NC(=O)OCC1c2ccccc2-c2ccccc21. The van der Waals surface area contributed by atoms with E-state index in [4.69, 9.17) is 9.84 Å². The van der Waals surface area contributed by atoms with Crippen LogP contribution < -0.4 is 10.6 Å². The maximum atomic E-state index is 12.3. The Hall–Kier alpha value is -3.39. The predicted octanol–water partition coefficient (Wildman–Crippen LogP) is 3.04. The quantitative estimate of drug-likeness (QED) is 0.437. The summed E-state index contributed by atoms with van der Waals surface area (Å²) in [5.41, 5.74) is 2.62. The van der Waals surface area contributed by atoms with Gasteiger partial charge in [0.15, 0.2) is 5.60 Å². The van der Waals surface area contributed by atoms with Crippen molar-refractivity contribution in [2.24, 2.45) is 0 Å². The first kappa shape index (κ1) is 24.3. The second kappa shape index (κ2) is 10.5. The minimum atomic E-state index is -2.01. The monoisotopic (exact) mass is 454 g/mol. The van der Waals surface area contributed by atoms with Gasteiger partial charge in [0.25, 0.3) is 0 Å². The van der Waals surface area contributed by atoms with E-state index in [2.05, 4.69) is 34.9 Å². The van der Waals surface area contributed by atoms with Gasteiger partial charge in [0.05, 0.1) is 6.54 Å². The molecule has 8 nitrogen and oxygen atoms in total. The van der Waals surface area contributed by atoms with Crippen LogP contribution in [0.4, 0.5) is 4.79 Å². The molecule has 0 saturated carbocycles. The van der Waals surface area contributed by atoms with Crippen molar-refractivity contribution in [2.45, 2.75) is 50.7 Å². The zero-order valence-electron chi connectivity index (χ0n) is 18.8. The van der Waals surface area contributed by atoms with Crippen LogP contribution in [0.2, 0.25) is 0 Å². The molecule has 176 valence electrons. The van der Waals surface area contributed by atoms with E-state index in [1.165, 1.54) is 11.1 Å². The van der Waals surface area contributed by atoms with Gasteiger partial charge in [-0.2, -0.15) is 0 Å². The maximum Gasteiger partial charge on any atom is 0.407 e. The van der Waals surface area contributed by atoms with E-state index in [0.717, 1.165) is 18.1 Å². The van der Waals surface area contributed by atoms with Gasteiger partial charge in [-0.15, -0.1) is 0 Å². The second-order valence-electron chi connectivity index (χ2n) is 8.62. The summed E-state index contributed by atoms with van der Waals surface area (Å²) in [6.45, 7) is 2.82. The Morgan fingerprint density at radius 2 is 1.64 bits per heavy atom. The zero-order chi connectivity index (χ0) is 24.0. The lowest BCUT2D eigenvalue weighted by Crippen LogP contribution is -2.46. The number of aliphatic hydroxyl groups is 1. The Bertz CT molecular complexity index is 974. The highest BCUT2D eigenvalue weighted by Crippen LogP contribution is 2.44. The lowest BCUT2D eigenvalue weighted by molar-refractivity contribution is -0.156. The van der Waals surface area contributed by atoms with Crippen molar-refractivity contribution < 1.29 is 29.3 Å². The molecule has 8 heteroatoms. The molecule has 1 aliphatic rings. The molecule has 0 aromatic heterocycles. The van der Waals surface area contributed by atoms with Crippen LogP contribution in [0.15, 0.2) is 48.5 Å². The van der Waals surface area contributed by atoms with Crippen molar-refractivity contribution in [3.8, 4) is 11.1 Å². The van der Waals surface area contributed by atoms with Crippen molar-refractivity contribution in [1.82, 2.24) is 10.6 Å². The van der Waals surface area contributed by atoms with Crippen LogP contribution in [0.5, 0.6) is 0 Å². The number of carbonyl (C=O) groups excluding carboxylic acids is 2. The van der Waals surface area contributed by atoms with Gasteiger partial charge in [-0.05, 0) is 48.9 Å². The largest absolute Gasteiger partial charge is 0.479 e. The summed E-state index contributed by atoms with van der Waals surface area (Å²) in [7, 11) is 0. The molecule has 0 heterocycles. The molecule has 2 unspecified atom stereocenters. The Labute approximate surface area is 193 Å². The third-order valence-electron chi connectivity index (χ3n) is 5.84. The smallest absolute Gasteiger partial charge is 0.407 e. The number of fused-ring (bicyclic) bond motifs is 3. The van der Waals surface area contributed by atoms with E-state index in [9.17, 15) is 19.5 Å². The molecule has 2 atom stereocenters. The average molecular weight is 455 g/mol. The summed E-state index contributed by atoms with van der Waals surface area (Å²) >= 11 is 0. The second-order valence-corrected chi connectivity index (χ2v) is 8.62. The van der Waals surface area contributed by atoms with Crippen molar-refractivity contribution in [1.29, 1.82) is 0 Å². The number of hydrogen-bond donors (Lipinski definition) is 4. The summed E-state index contributed by atoms with van der Waals surface area (Å²) in [4.78, 5) is 35.0. The minimum Gasteiger partial charge on any atom is -0.479 e. The van der Waals surface area contributed by atoms with E-state index in [1.807, 2.05) is 31.2 Å². The Morgan fingerprint density at radius 3 is 2.21 bits per heavy atom. The summed E-state index contributed by atoms with van der Waals surface area (Å²) in [5, 5.41) is 23.6. The lowest BCUT2D eigenvalue weighted by atomic mass is 9.98. The van der Waals surface area contributed by atoms with Gasteiger partial charge in [0.1, 0.15) is 6.61 Å². The number of aliphatic carboxylic acids is 1. The van der Waals surface area contributed by atoms with Gasteiger partial charge in [0, 0.05) is 18.4 Å². The number of carboxylic acids is 1. The van der Waals surface area contributed by atoms with Crippen molar-refractivity contribution in [3.63, 3.8) is 0 Å². The number of alkyl carbamates (subject to hydrolysis) is 1. The van der Waals surface area contributed by atoms with E-state index in [1.54, 1.807) is 0 Å². The maximum absolute atomic E-state index is 12.3. The third kappa shape index (κ3) is 6.10. The van der Waals surface area contributed by atoms with Crippen molar-refractivity contribution in [2.75, 3.05) is 13.2 Å². The normalized spacial score (nSPS) is 15.0. The van der Waals surface area contributed by atoms with Crippen LogP contribution in [0, 0.1) is 0 Å². The summed E-state index contributed by atoms with van der Waals surface area (Å²) in [5.74, 6) is -1.77. The molecule has 0 saturated heterocycles. The molecule has 4 N–H and O–H groups in total. The molecule has 2 aromatic rings. The fraction of sp³-hybridized carbons (Fsp3) is 0.400. The fourth-order valence-corrected chi connectivity index (χ4v) is 3.92. The molecule has 0 spiro atoms. The fourth-order valence-electron chi connectivity index (χ4n) is 3.92. The average Bonchev–Trinajstić information content (AvgIpc) is 3.10. The van der Waals surface area contributed by atoms with E-state index >= 15 is 0 Å². The molecule has 2 amide bonds. The third-order valence-corrected chi connectivity index (χ3v) is 5.84. The van der Waals surface area contributed by atoms with E-state index < -0.39 is 17.7 Å².